The Hall–Kier alpha value is -2.71. The van der Waals surface area contributed by atoms with Crippen molar-refractivity contribution in [1.82, 2.24) is 15.1 Å². The third kappa shape index (κ3) is 3.92. The molecule has 9 heteroatoms. The maximum atomic E-state index is 12.5. The molecule has 2 heterocycles. The summed E-state index contributed by atoms with van der Waals surface area (Å²) in [5.41, 5.74) is 2.11. The largest absolute Gasteiger partial charge is 0.483 e. The van der Waals surface area contributed by atoms with E-state index in [1.165, 1.54) is 0 Å². The molecule has 0 unspecified atom stereocenters. The van der Waals surface area contributed by atoms with Crippen molar-refractivity contribution in [2.45, 2.75) is 20.3 Å². The van der Waals surface area contributed by atoms with Gasteiger partial charge in [-0.05, 0) is 31.0 Å². The molecule has 26 heavy (non-hydrogen) atoms. The zero-order valence-electron chi connectivity index (χ0n) is 14.6. The lowest BCUT2D eigenvalue weighted by atomic mass is 10.1. The molecule has 1 amide bonds. The van der Waals surface area contributed by atoms with E-state index in [4.69, 9.17) is 9.15 Å². The summed E-state index contributed by atoms with van der Waals surface area (Å²) in [6.45, 7) is 5.62. The van der Waals surface area contributed by atoms with Crippen LogP contribution in [0.15, 0.2) is 22.6 Å². The van der Waals surface area contributed by atoms with Gasteiger partial charge in [-0.15, -0.1) is 5.10 Å². The van der Waals surface area contributed by atoms with Crippen molar-refractivity contribution in [2.75, 3.05) is 37.7 Å². The predicted octanol–water partition coefficient (Wildman–Crippen LogP) is 2.35. The maximum absolute atomic E-state index is 12.5. The van der Waals surface area contributed by atoms with Crippen LogP contribution < -0.4 is 9.64 Å². The zero-order chi connectivity index (χ0) is 18.7. The summed E-state index contributed by atoms with van der Waals surface area (Å²) < 4.78 is 35.6. The molecule has 1 saturated heterocycles. The topological polar surface area (TPSA) is 71.7 Å². The molecule has 140 valence electrons. The molecule has 1 aliphatic heterocycles. The molecule has 2 aromatic rings. The van der Waals surface area contributed by atoms with Crippen LogP contribution in [0.1, 0.15) is 23.4 Å². The highest BCUT2D eigenvalue weighted by atomic mass is 19.3. The number of hydrogen-bond acceptors (Lipinski definition) is 6. The summed E-state index contributed by atoms with van der Waals surface area (Å²) >= 11 is 0. The highest BCUT2D eigenvalue weighted by Gasteiger charge is 2.26. The summed E-state index contributed by atoms with van der Waals surface area (Å²) in [6.07, 6.45) is -2.79. The molecule has 3 rings (SSSR count). The van der Waals surface area contributed by atoms with Crippen molar-refractivity contribution in [3.05, 3.63) is 35.2 Å². The van der Waals surface area contributed by atoms with Gasteiger partial charge in [-0.2, -0.15) is 8.78 Å². The Balaban J connectivity index is 1.51. The first kappa shape index (κ1) is 18.1. The average Bonchev–Trinajstić information content (AvgIpc) is 3.13. The first-order chi connectivity index (χ1) is 12.5. The highest BCUT2D eigenvalue weighted by Crippen LogP contribution is 2.22. The average molecular weight is 366 g/mol. The molecule has 0 saturated carbocycles. The fourth-order valence-electron chi connectivity index (χ4n) is 2.70. The van der Waals surface area contributed by atoms with Crippen LogP contribution in [-0.4, -0.2) is 53.8 Å². The van der Waals surface area contributed by atoms with E-state index in [1.807, 2.05) is 32.0 Å². The minimum absolute atomic E-state index is 0.0413. The van der Waals surface area contributed by atoms with Gasteiger partial charge in [0.1, 0.15) is 5.75 Å². The van der Waals surface area contributed by atoms with Gasteiger partial charge in [-0.1, -0.05) is 17.2 Å². The molecular formula is C17H20F2N4O3. The number of alkyl halides is 2. The number of piperazine rings is 1. The van der Waals surface area contributed by atoms with Gasteiger partial charge < -0.3 is 19.0 Å². The summed E-state index contributed by atoms with van der Waals surface area (Å²) in [5, 5.41) is 6.94. The van der Waals surface area contributed by atoms with E-state index in [-0.39, 0.29) is 18.5 Å². The summed E-state index contributed by atoms with van der Waals surface area (Å²) in [6, 6.07) is 5.77. The van der Waals surface area contributed by atoms with Crippen molar-refractivity contribution in [2.24, 2.45) is 0 Å². The van der Waals surface area contributed by atoms with Crippen LogP contribution in [0.4, 0.5) is 14.8 Å². The lowest BCUT2D eigenvalue weighted by Crippen LogP contribution is -2.50. The Morgan fingerprint density at radius 2 is 1.96 bits per heavy atom. The van der Waals surface area contributed by atoms with Gasteiger partial charge in [-0.3, -0.25) is 4.79 Å². The maximum Gasteiger partial charge on any atom is 0.318 e. The molecule has 0 spiro atoms. The van der Waals surface area contributed by atoms with Crippen LogP contribution in [-0.2, 0) is 4.79 Å². The van der Waals surface area contributed by atoms with E-state index in [0.717, 1.165) is 11.1 Å². The van der Waals surface area contributed by atoms with Gasteiger partial charge in [0.25, 0.3) is 11.8 Å². The number of benzene rings is 1. The third-order valence-corrected chi connectivity index (χ3v) is 4.43. The smallest absolute Gasteiger partial charge is 0.318 e. The molecule has 0 aliphatic carbocycles. The molecular weight excluding hydrogens is 346 g/mol. The minimum atomic E-state index is -2.79. The van der Waals surface area contributed by atoms with Crippen LogP contribution in [0.2, 0.25) is 0 Å². The van der Waals surface area contributed by atoms with Crippen molar-refractivity contribution < 1.29 is 22.7 Å². The number of ether oxygens (including phenoxy) is 1. The predicted molar refractivity (Wildman–Crippen MR) is 89.5 cm³/mol. The molecule has 1 aromatic heterocycles. The number of rotatable bonds is 5. The normalized spacial score (nSPS) is 14.8. The van der Waals surface area contributed by atoms with Crippen LogP contribution in [0.5, 0.6) is 5.75 Å². The van der Waals surface area contributed by atoms with Crippen LogP contribution >= 0.6 is 0 Å². The molecule has 1 aliphatic rings. The van der Waals surface area contributed by atoms with Crippen molar-refractivity contribution in [1.29, 1.82) is 0 Å². The molecule has 0 N–H and O–H groups in total. The fourth-order valence-corrected chi connectivity index (χ4v) is 2.70. The Morgan fingerprint density at radius 1 is 1.23 bits per heavy atom. The standard InChI is InChI=1S/C17H20F2N4O3/c1-11-4-3-5-13(12(11)2)25-10-14(24)22-6-8-23(9-7-22)17-21-20-16(26-17)15(18)19/h3-5,15H,6-10H2,1-2H3. The van der Waals surface area contributed by atoms with Gasteiger partial charge >= 0.3 is 12.4 Å². The van der Waals surface area contributed by atoms with Gasteiger partial charge in [0.2, 0.25) is 0 Å². The first-order valence-corrected chi connectivity index (χ1v) is 8.29. The van der Waals surface area contributed by atoms with Crippen molar-refractivity contribution in [3.63, 3.8) is 0 Å². The van der Waals surface area contributed by atoms with Crippen LogP contribution in [0.3, 0.4) is 0 Å². The number of amides is 1. The Bertz CT molecular complexity index is 773. The second-order valence-electron chi connectivity index (χ2n) is 6.08. The second-order valence-corrected chi connectivity index (χ2v) is 6.08. The number of aromatic nitrogens is 2. The second kappa shape index (κ2) is 7.67. The molecule has 7 nitrogen and oxygen atoms in total. The minimum Gasteiger partial charge on any atom is -0.483 e. The summed E-state index contributed by atoms with van der Waals surface area (Å²) in [5.74, 6) is -0.118. The monoisotopic (exact) mass is 366 g/mol. The summed E-state index contributed by atoms with van der Waals surface area (Å²) in [7, 11) is 0. The Labute approximate surface area is 149 Å². The number of carbonyl (C=O) groups excluding carboxylic acids is 1. The van der Waals surface area contributed by atoms with Gasteiger partial charge in [0.05, 0.1) is 0 Å². The lowest BCUT2D eigenvalue weighted by Gasteiger charge is -2.33. The van der Waals surface area contributed by atoms with E-state index >= 15 is 0 Å². The molecule has 0 atom stereocenters. The van der Waals surface area contributed by atoms with Gasteiger partial charge in [-0.25, -0.2) is 0 Å². The number of carbonyl (C=O) groups is 1. The Morgan fingerprint density at radius 3 is 2.62 bits per heavy atom. The highest BCUT2D eigenvalue weighted by molar-refractivity contribution is 5.78. The number of nitrogens with zero attached hydrogens (tertiary/aromatic N) is 4. The number of hydrogen-bond donors (Lipinski definition) is 0. The van der Waals surface area contributed by atoms with E-state index in [9.17, 15) is 13.6 Å². The number of halogens is 2. The quantitative estimate of drug-likeness (QED) is 0.809. The SMILES string of the molecule is Cc1cccc(OCC(=O)N2CCN(c3nnc(C(F)F)o3)CC2)c1C. The lowest BCUT2D eigenvalue weighted by molar-refractivity contribution is -0.133. The van der Waals surface area contributed by atoms with E-state index in [0.29, 0.717) is 31.9 Å². The van der Waals surface area contributed by atoms with Crippen LogP contribution in [0, 0.1) is 13.8 Å². The number of aryl methyl sites for hydroxylation is 1. The molecule has 0 bridgehead atoms. The van der Waals surface area contributed by atoms with Gasteiger partial charge in [0.15, 0.2) is 6.61 Å². The van der Waals surface area contributed by atoms with Gasteiger partial charge in [0, 0.05) is 26.2 Å². The first-order valence-electron chi connectivity index (χ1n) is 8.29. The fraction of sp³-hybridized carbons (Fsp3) is 0.471. The number of anilines is 1. The van der Waals surface area contributed by atoms with E-state index in [2.05, 4.69) is 10.2 Å². The molecule has 1 fully saturated rings. The molecule has 0 radical (unpaired) electrons. The van der Waals surface area contributed by atoms with E-state index < -0.39 is 12.3 Å². The Kier molecular flexibility index (Phi) is 5.34. The van der Waals surface area contributed by atoms with Crippen LogP contribution in [0.25, 0.3) is 0 Å². The summed E-state index contributed by atoms with van der Waals surface area (Å²) in [4.78, 5) is 15.7. The van der Waals surface area contributed by atoms with E-state index in [1.54, 1.807) is 9.80 Å². The van der Waals surface area contributed by atoms with Crippen molar-refractivity contribution in [3.8, 4) is 5.75 Å². The molecule has 1 aromatic carbocycles. The third-order valence-electron chi connectivity index (χ3n) is 4.43. The van der Waals surface area contributed by atoms with Crippen molar-refractivity contribution >= 4 is 11.9 Å². The zero-order valence-corrected chi connectivity index (χ0v) is 14.6.